The molecule has 2 heterocycles. The lowest BCUT2D eigenvalue weighted by molar-refractivity contribution is 0.0594. The normalized spacial score (nSPS) is 13.5. The molecular formula is C14H15N3O2. The molecule has 0 aliphatic carbocycles. The number of esters is 1. The van der Waals surface area contributed by atoms with Crippen molar-refractivity contribution in [2.45, 2.75) is 12.8 Å². The number of hydrogen-bond donors (Lipinski definition) is 1. The Kier molecular flexibility index (Phi) is 2.95. The zero-order valence-electron chi connectivity index (χ0n) is 10.7. The van der Waals surface area contributed by atoms with Gasteiger partial charge in [-0.3, -0.25) is 0 Å². The summed E-state index contributed by atoms with van der Waals surface area (Å²) in [7, 11) is 1.37. The number of para-hydroxylation sites is 1. The maximum absolute atomic E-state index is 11.8. The minimum absolute atomic E-state index is 0.362. The summed E-state index contributed by atoms with van der Waals surface area (Å²) in [6, 6.07) is 9.82. The van der Waals surface area contributed by atoms with Gasteiger partial charge in [-0.15, -0.1) is 0 Å². The maximum Gasteiger partial charge on any atom is 0.360 e. The molecule has 0 bridgehead atoms. The molecule has 2 aromatic rings. The van der Waals surface area contributed by atoms with E-state index >= 15 is 0 Å². The summed E-state index contributed by atoms with van der Waals surface area (Å²) in [6.07, 6.45) is 1.94. The van der Waals surface area contributed by atoms with E-state index in [1.165, 1.54) is 7.11 Å². The number of aromatic nitrogens is 2. The first kappa shape index (κ1) is 11.8. The number of nitrogens with zero attached hydrogens (tertiary/aromatic N) is 2. The fourth-order valence-electron chi connectivity index (χ4n) is 2.36. The molecule has 0 radical (unpaired) electrons. The third-order valence-electron chi connectivity index (χ3n) is 3.25. The topological polar surface area (TPSA) is 56.1 Å². The van der Waals surface area contributed by atoms with Crippen LogP contribution in [0.1, 0.15) is 22.6 Å². The Balaban J connectivity index is 2.15. The van der Waals surface area contributed by atoms with Crippen molar-refractivity contribution in [3.05, 3.63) is 41.7 Å². The summed E-state index contributed by atoms with van der Waals surface area (Å²) in [4.78, 5) is 11.8. The highest BCUT2D eigenvalue weighted by atomic mass is 16.5. The van der Waals surface area contributed by atoms with Gasteiger partial charge in [0.05, 0.1) is 24.2 Å². The van der Waals surface area contributed by atoms with E-state index in [2.05, 4.69) is 10.4 Å². The fourth-order valence-corrected chi connectivity index (χ4v) is 2.36. The smallest absolute Gasteiger partial charge is 0.360 e. The van der Waals surface area contributed by atoms with Crippen LogP contribution >= 0.6 is 0 Å². The molecule has 0 spiro atoms. The van der Waals surface area contributed by atoms with Gasteiger partial charge in [-0.25, -0.2) is 9.48 Å². The predicted molar refractivity (Wildman–Crippen MR) is 71.7 cm³/mol. The molecule has 19 heavy (non-hydrogen) atoms. The zero-order chi connectivity index (χ0) is 13.2. The predicted octanol–water partition coefficient (Wildman–Crippen LogP) is 2.02. The Bertz CT molecular complexity index is 605. The van der Waals surface area contributed by atoms with Crippen molar-refractivity contribution in [1.82, 2.24) is 9.78 Å². The molecule has 1 aromatic heterocycles. The minimum Gasteiger partial charge on any atom is -0.464 e. The monoisotopic (exact) mass is 257 g/mol. The van der Waals surface area contributed by atoms with Gasteiger partial charge in [-0.05, 0) is 25.0 Å². The van der Waals surface area contributed by atoms with Gasteiger partial charge in [0.15, 0.2) is 5.69 Å². The van der Waals surface area contributed by atoms with E-state index in [0.717, 1.165) is 36.5 Å². The average Bonchev–Trinajstić information content (AvgIpc) is 2.87. The summed E-state index contributed by atoms with van der Waals surface area (Å²) in [5.74, 6) is -0.402. The van der Waals surface area contributed by atoms with E-state index < -0.39 is 5.97 Å². The largest absolute Gasteiger partial charge is 0.464 e. The first-order valence-corrected chi connectivity index (χ1v) is 6.31. The number of fused-ring (bicyclic) bond motifs is 1. The first-order valence-electron chi connectivity index (χ1n) is 6.31. The number of benzene rings is 1. The van der Waals surface area contributed by atoms with Crippen molar-refractivity contribution in [3.8, 4) is 5.69 Å². The SMILES string of the molecule is COC(=O)c1nn(-c2ccccc2)c2c1NCCC2. The number of rotatable bonds is 2. The van der Waals surface area contributed by atoms with Crippen molar-refractivity contribution in [2.75, 3.05) is 19.0 Å². The standard InChI is InChI=1S/C14H15N3O2/c1-19-14(18)13-12-11(8-5-9-15-12)17(16-13)10-6-3-2-4-7-10/h2-4,6-7,15H,5,8-9H2,1H3. The van der Waals surface area contributed by atoms with E-state index in [4.69, 9.17) is 4.74 Å². The molecule has 0 saturated heterocycles. The van der Waals surface area contributed by atoms with Crippen LogP contribution in [0.3, 0.4) is 0 Å². The van der Waals surface area contributed by atoms with Crippen LogP contribution in [0.4, 0.5) is 5.69 Å². The van der Waals surface area contributed by atoms with Gasteiger partial charge in [0.2, 0.25) is 0 Å². The van der Waals surface area contributed by atoms with Gasteiger partial charge in [0, 0.05) is 6.54 Å². The number of methoxy groups -OCH3 is 1. The van der Waals surface area contributed by atoms with Crippen LogP contribution < -0.4 is 5.32 Å². The number of ether oxygens (including phenoxy) is 1. The van der Waals surface area contributed by atoms with E-state index in [0.29, 0.717) is 5.69 Å². The molecule has 5 heteroatoms. The Hall–Kier alpha value is -2.30. The quantitative estimate of drug-likeness (QED) is 0.836. The van der Waals surface area contributed by atoms with Gasteiger partial charge in [-0.1, -0.05) is 18.2 Å². The number of hydrogen-bond acceptors (Lipinski definition) is 4. The second-order valence-corrected chi connectivity index (χ2v) is 4.44. The maximum atomic E-state index is 11.8. The van der Waals surface area contributed by atoms with Crippen molar-refractivity contribution >= 4 is 11.7 Å². The molecule has 5 nitrogen and oxygen atoms in total. The lowest BCUT2D eigenvalue weighted by Gasteiger charge is -2.15. The Morgan fingerprint density at radius 1 is 1.37 bits per heavy atom. The van der Waals surface area contributed by atoms with Crippen LogP contribution in [0.5, 0.6) is 0 Å². The second-order valence-electron chi connectivity index (χ2n) is 4.44. The Morgan fingerprint density at radius 3 is 2.89 bits per heavy atom. The third-order valence-corrected chi connectivity index (χ3v) is 3.25. The summed E-state index contributed by atoms with van der Waals surface area (Å²) < 4.78 is 6.62. The molecule has 0 unspecified atom stereocenters. The summed E-state index contributed by atoms with van der Waals surface area (Å²) in [6.45, 7) is 0.859. The summed E-state index contributed by atoms with van der Waals surface area (Å²) in [5, 5.41) is 7.66. The zero-order valence-corrected chi connectivity index (χ0v) is 10.7. The highest BCUT2D eigenvalue weighted by Crippen LogP contribution is 2.28. The van der Waals surface area contributed by atoms with Crippen molar-refractivity contribution in [2.24, 2.45) is 0 Å². The van der Waals surface area contributed by atoms with Crippen LogP contribution in [-0.2, 0) is 11.2 Å². The Morgan fingerprint density at radius 2 is 2.16 bits per heavy atom. The number of carbonyl (C=O) groups excluding carboxylic acids is 1. The number of nitrogens with one attached hydrogen (secondary N) is 1. The molecule has 1 aliphatic rings. The van der Waals surface area contributed by atoms with Crippen molar-refractivity contribution in [1.29, 1.82) is 0 Å². The molecule has 0 atom stereocenters. The molecule has 1 aliphatic heterocycles. The molecule has 1 N–H and O–H groups in total. The van der Waals surface area contributed by atoms with Crippen molar-refractivity contribution < 1.29 is 9.53 Å². The van der Waals surface area contributed by atoms with Gasteiger partial charge < -0.3 is 10.1 Å². The fraction of sp³-hybridized carbons (Fsp3) is 0.286. The highest BCUT2D eigenvalue weighted by Gasteiger charge is 2.25. The number of carbonyl (C=O) groups is 1. The molecule has 0 amide bonds. The van der Waals surface area contributed by atoms with Crippen LogP contribution in [-0.4, -0.2) is 29.4 Å². The van der Waals surface area contributed by atoms with Gasteiger partial charge in [0.1, 0.15) is 0 Å². The molecule has 98 valence electrons. The Labute approximate surface area is 111 Å². The molecule has 0 fully saturated rings. The van der Waals surface area contributed by atoms with Crippen LogP contribution in [0.15, 0.2) is 30.3 Å². The highest BCUT2D eigenvalue weighted by molar-refractivity contribution is 5.94. The van der Waals surface area contributed by atoms with Crippen LogP contribution in [0.25, 0.3) is 5.69 Å². The summed E-state index contributed by atoms with van der Waals surface area (Å²) in [5.41, 5.74) is 3.17. The van der Waals surface area contributed by atoms with Crippen LogP contribution in [0.2, 0.25) is 0 Å². The van der Waals surface area contributed by atoms with Gasteiger partial charge in [0.25, 0.3) is 0 Å². The average molecular weight is 257 g/mol. The molecule has 1 aromatic carbocycles. The van der Waals surface area contributed by atoms with E-state index in [1.54, 1.807) is 0 Å². The second kappa shape index (κ2) is 4.76. The van der Waals surface area contributed by atoms with Crippen LogP contribution in [0, 0.1) is 0 Å². The lowest BCUT2D eigenvalue weighted by atomic mass is 10.1. The van der Waals surface area contributed by atoms with Gasteiger partial charge in [-0.2, -0.15) is 5.10 Å². The first-order chi connectivity index (χ1) is 9.31. The summed E-state index contributed by atoms with van der Waals surface area (Å²) >= 11 is 0. The molecule has 0 saturated carbocycles. The molecule has 3 rings (SSSR count). The van der Waals surface area contributed by atoms with E-state index in [1.807, 2.05) is 35.0 Å². The van der Waals surface area contributed by atoms with E-state index in [9.17, 15) is 4.79 Å². The lowest BCUT2D eigenvalue weighted by Crippen LogP contribution is -2.15. The third kappa shape index (κ3) is 1.97. The minimum atomic E-state index is -0.402. The van der Waals surface area contributed by atoms with Gasteiger partial charge >= 0.3 is 5.97 Å². The van der Waals surface area contributed by atoms with E-state index in [-0.39, 0.29) is 0 Å². The number of anilines is 1. The molecular weight excluding hydrogens is 242 g/mol. The van der Waals surface area contributed by atoms with Crippen molar-refractivity contribution in [3.63, 3.8) is 0 Å².